The Kier molecular flexibility index (Phi) is 8.28. The summed E-state index contributed by atoms with van der Waals surface area (Å²) in [5.41, 5.74) is 1.35. The first-order valence-corrected chi connectivity index (χ1v) is 13.1. The zero-order chi connectivity index (χ0) is 25.8. The fourth-order valence-electron chi connectivity index (χ4n) is 4.41. The molecule has 1 amide bonds. The number of fused-ring (bicyclic) bond motifs is 1. The van der Waals surface area contributed by atoms with E-state index in [2.05, 4.69) is 0 Å². The molecule has 3 aromatic rings. The molecule has 1 aliphatic rings. The number of hydrogen-bond acceptors (Lipinski definition) is 8. The number of ether oxygens (including phenoxy) is 1. The highest BCUT2D eigenvalue weighted by molar-refractivity contribution is 7.23. The normalized spacial score (nSPS) is 13.9. The maximum atomic E-state index is 13.8. The molecule has 1 fully saturated rings. The first kappa shape index (κ1) is 26.1. The van der Waals surface area contributed by atoms with Gasteiger partial charge < -0.3 is 14.5 Å². The molecule has 192 valence electrons. The van der Waals surface area contributed by atoms with Gasteiger partial charge in [-0.3, -0.25) is 19.8 Å². The molecule has 0 N–H and O–H groups in total. The third-order valence-electron chi connectivity index (χ3n) is 6.25. The van der Waals surface area contributed by atoms with Crippen molar-refractivity contribution in [1.29, 1.82) is 0 Å². The van der Waals surface area contributed by atoms with Crippen molar-refractivity contribution in [3.63, 3.8) is 0 Å². The molecular weight excluding hydrogens is 502 g/mol. The van der Waals surface area contributed by atoms with Gasteiger partial charge in [0.25, 0.3) is 11.6 Å². The van der Waals surface area contributed by atoms with Crippen molar-refractivity contribution in [1.82, 2.24) is 9.88 Å². The van der Waals surface area contributed by atoms with Gasteiger partial charge in [-0.1, -0.05) is 22.9 Å². The Labute approximate surface area is 219 Å². The minimum Gasteiger partial charge on any atom is -0.494 e. The van der Waals surface area contributed by atoms with E-state index in [1.165, 1.54) is 17.4 Å². The van der Waals surface area contributed by atoms with Crippen LogP contribution in [0, 0.1) is 10.1 Å². The summed E-state index contributed by atoms with van der Waals surface area (Å²) in [6.07, 6.45) is 3.83. The lowest BCUT2D eigenvalue weighted by molar-refractivity contribution is -0.384. The molecule has 0 atom stereocenters. The highest BCUT2D eigenvalue weighted by Crippen LogP contribution is 2.39. The number of benzene rings is 2. The number of nitrogens with zero attached hydrogens (tertiary/aromatic N) is 5. The molecule has 2 aromatic carbocycles. The number of halogens is 1. The average Bonchev–Trinajstić information content (AvgIpc) is 3.32. The highest BCUT2D eigenvalue weighted by Gasteiger charge is 2.27. The van der Waals surface area contributed by atoms with Crippen LogP contribution >= 0.6 is 22.9 Å². The van der Waals surface area contributed by atoms with Crippen molar-refractivity contribution in [2.24, 2.45) is 0 Å². The number of thiazole rings is 1. The Morgan fingerprint density at radius 1 is 1.19 bits per heavy atom. The number of methoxy groups -OCH3 is 1. The number of anilines is 2. The van der Waals surface area contributed by atoms with Crippen molar-refractivity contribution >= 4 is 55.6 Å². The number of amides is 1. The van der Waals surface area contributed by atoms with Crippen LogP contribution in [0.25, 0.3) is 10.2 Å². The Balaban J connectivity index is 1.72. The van der Waals surface area contributed by atoms with Gasteiger partial charge in [0.1, 0.15) is 17.0 Å². The SMILES string of the molecule is COc1ccc(Cl)c2sc(N(CCCN(C)C)C(=O)c3ccc(N4CCCCC4)c([N+](=O)[O-])c3)nc12. The molecule has 0 spiro atoms. The second-order valence-electron chi connectivity index (χ2n) is 9.05. The zero-order valence-corrected chi connectivity index (χ0v) is 22.3. The summed E-state index contributed by atoms with van der Waals surface area (Å²) < 4.78 is 6.17. The van der Waals surface area contributed by atoms with Gasteiger partial charge in [0, 0.05) is 31.3 Å². The summed E-state index contributed by atoms with van der Waals surface area (Å²) in [6.45, 7) is 2.73. The highest BCUT2D eigenvalue weighted by atomic mass is 35.5. The number of carbonyl (C=O) groups is 1. The van der Waals surface area contributed by atoms with E-state index in [-0.39, 0.29) is 17.2 Å². The van der Waals surface area contributed by atoms with Crippen LogP contribution in [0.2, 0.25) is 5.02 Å². The van der Waals surface area contributed by atoms with Crippen molar-refractivity contribution in [2.75, 3.05) is 57.2 Å². The number of piperidine rings is 1. The summed E-state index contributed by atoms with van der Waals surface area (Å²) in [7, 11) is 5.50. The fourth-order valence-corrected chi connectivity index (χ4v) is 5.69. The predicted octanol–water partition coefficient (Wildman–Crippen LogP) is 5.46. The fraction of sp³-hybridized carbons (Fsp3) is 0.440. The molecule has 0 bridgehead atoms. The molecule has 0 unspecified atom stereocenters. The van der Waals surface area contributed by atoms with Crippen molar-refractivity contribution in [3.05, 3.63) is 51.0 Å². The second kappa shape index (κ2) is 11.4. The van der Waals surface area contributed by atoms with E-state index in [1.54, 1.807) is 36.3 Å². The summed E-state index contributed by atoms with van der Waals surface area (Å²) in [6, 6.07) is 8.26. The third kappa shape index (κ3) is 5.55. The molecule has 0 saturated carbocycles. The maximum absolute atomic E-state index is 13.8. The Morgan fingerprint density at radius 2 is 1.94 bits per heavy atom. The standard InChI is InChI=1S/C25H30ClN5O4S/c1-28(2)12-7-15-30(25-27-22-21(35-3)11-9-18(26)23(22)36-25)24(32)17-8-10-19(20(16-17)31(33)34)29-13-5-4-6-14-29/h8-11,16H,4-7,12-15H2,1-3H3. The average molecular weight is 532 g/mol. The van der Waals surface area contributed by atoms with Gasteiger partial charge in [-0.25, -0.2) is 4.98 Å². The third-order valence-corrected chi connectivity index (χ3v) is 7.78. The van der Waals surface area contributed by atoms with E-state index in [4.69, 9.17) is 21.3 Å². The molecule has 9 nitrogen and oxygen atoms in total. The lowest BCUT2D eigenvalue weighted by Gasteiger charge is -2.28. The molecule has 0 aliphatic carbocycles. The maximum Gasteiger partial charge on any atom is 0.293 e. The predicted molar refractivity (Wildman–Crippen MR) is 145 cm³/mol. The van der Waals surface area contributed by atoms with E-state index >= 15 is 0 Å². The summed E-state index contributed by atoms with van der Waals surface area (Å²) in [5, 5.41) is 13.0. The molecule has 36 heavy (non-hydrogen) atoms. The van der Waals surface area contributed by atoms with E-state index in [1.807, 2.05) is 23.9 Å². The van der Waals surface area contributed by atoms with Crippen LogP contribution in [0.5, 0.6) is 5.75 Å². The van der Waals surface area contributed by atoms with Crippen LogP contribution in [0.15, 0.2) is 30.3 Å². The van der Waals surface area contributed by atoms with Gasteiger partial charge in [-0.05, 0) is 70.6 Å². The van der Waals surface area contributed by atoms with Gasteiger partial charge in [0.05, 0.1) is 21.8 Å². The topological polar surface area (TPSA) is 92.0 Å². The molecule has 4 rings (SSSR count). The van der Waals surface area contributed by atoms with Crippen molar-refractivity contribution in [2.45, 2.75) is 25.7 Å². The molecular formula is C25H30ClN5O4S. The number of nitro groups is 1. The molecule has 1 saturated heterocycles. The Morgan fingerprint density at radius 3 is 2.61 bits per heavy atom. The first-order valence-electron chi connectivity index (χ1n) is 11.9. The van der Waals surface area contributed by atoms with E-state index in [0.29, 0.717) is 40.1 Å². The van der Waals surface area contributed by atoms with Crippen LogP contribution in [0.4, 0.5) is 16.5 Å². The van der Waals surface area contributed by atoms with Crippen LogP contribution in [0.3, 0.4) is 0 Å². The van der Waals surface area contributed by atoms with Crippen LogP contribution in [-0.2, 0) is 0 Å². The van der Waals surface area contributed by atoms with E-state index in [9.17, 15) is 14.9 Å². The van der Waals surface area contributed by atoms with E-state index < -0.39 is 4.92 Å². The molecule has 11 heteroatoms. The van der Waals surface area contributed by atoms with Gasteiger partial charge >= 0.3 is 0 Å². The quantitative estimate of drug-likeness (QED) is 0.267. The number of carbonyl (C=O) groups excluding carboxylic acids is 1. The van der Waals surface area contributed by atoms with Gasteiger partial charge in [0.15, 0.2) is 5.13 Å². The number of aromatic nitrogens is 1. The van der Waals surface area contributed by atoms with Gasteiger partial charge in [-0.2, -0.15) is 0 Å². The van der Waals surface area contributed by atoms with Crippen LogP contribution in [-0.4, -0.2) is 68.1 Å². The number of rotatable bonds is 9. The second-order valence-corrected chi connectivity index (χ2v) is 10.4. The van der Waals surface area contributed by atoms with E-state index in [0.717, 1.165) is 43.6 Å². The lowest BCUT2D eigenvalue weighted by atomic mass is 10.1. The Bertz CT molecular complexity index is 1260. The minimum absolute atomic E-state index is 0.0509. The van der Waals surface area contributed by atoms with Gasteiger partial charge in [-0.15, -0.1) is 0 Å². The summed E-state index contributed by atoms with van der Waals surface area (Å²) in [4.78, 5) is 35.7. The summed E-state index contributed by atoms with van der Waals surface area (Å²) in [5.74, 6) is 0.232. The monoisotopic (exact) mass is 531 g/mol. The van der Waals surface area contributed by atoms with Crippen LogP contribution < -0.4 is 14.5 Å². The van der Waals surface area contributed by atoms with Crippen LogP contribution in [0.1, 0.15) is 36.0 Å². The first-order chi connectivity index (χ1) is 17.3. The molecule has 1 aromatic heterocycles. The largest absolute Gasteiger partial charge is 0.494 e. The molecule has 1 aliphatic heterocycles. The Hall–Kier alpha value is -2.95. The van der Waals surface area contributed by atoms with Gasteiger partial charge in [0.2, 0.25) is 0 Å². The van der Waals surface area contributed by atoms with Crippen molar-refractivity contribution in [3.8, 4) is 5.75 Å². The number of nitro benzene ring substituents is 1. The smallest absolute Gasteiger partial charge is 0.293 e. The summed E-state index contributed by atoms with van der Waals surface area (Å²) >= 11 is 7.72. The number of hydrogen-bond donors (Lipinski definition) is 0. The molecule has 2 heterocycles. The minimum atomic E-state index is -0.403. The molecule has 0 radical (unpaired) electrons. The zero-order valence-electron chi connectivity index (χ0n) is 20.7. The lowest BCUT2D eigenvalue weighted by Crippen LogP contribution is -2.34. The van der Waals surface area contributed by atoms with Crippen molar-refractivity contribution < 1.29 is 14.5 Å².